The number of nitrogens with zero attached hydrogens (tertiary/aromatic N) is 3. The van der Waals surface area contributed by atoms with Gasteiger partial charge in [-0.1, -0.05) is 30.7 Å². The van der Waals surface area contributed by atoms with E-state index < -0.39 is 0 Å². The van der Waals surface area contributed by atoms with Crippen molar-refractivity contribution in [3.8, 4) is 0 Å². The third kappa shape index (κ3) is 4.21. The van der Waals surface area contributed by atoms with Crippen LogP contribution < -0.4 is 5.32 Å². The van der Waals surface area contributed by atoms with Crippen molar-refractivity contribution >= 4 is 16.5 Å². The fraction of sp³-hybridized carbons (Fsp3) is 0.846. The maximum Gasteiger partial charge on any atom is 0.134 e. The van der Waals surface area contributed by atoms with E-state index in [4.69, 9.17) is 0 Å². The van der Waals surface area contributed by atoms with E-state index in [-0.39, 0.29) is 0 Å². The van der Waals surface area contributed by atoms with Crippen molar-refractivity contribution in [2.45, 2.75) is 52.0 Å². The average Bonchev–Trinajstić information content (AvgIpc) is 2.77. The molecule has 0 spiro atoms. The summed E-state index contributed by atoms with van der Waals surface area (Å²) in [6.07, 6.45) is 7.97. The zero-order valence-corrected chi connectivity index (χ0v) is 12.1. The van der Waals surface area contributed by atoms with Crippen molar-refractivity contribution < 1.29 is 0 Å². The molecule has 1 aliphatic heterocycles. The van der Waals surface area contributed by atoms with Crippen LogP contribution in [0.25, 0.3) is 0 Å². The molecular formula is C13H24N4S. The summed E-state index contributed by atoms with van der Waals surface area (Å²) >= 11 is 1.49. The van der Waals surface area contributed by atoms with Crippen LogP contribution in [0.5, 0.6) is 0 Å². The topological polar surface area (TPSA) is 41.1 Å². The fourth-order valence-electron chi connectivity index (χ4n) is 2.37. The maximum absolute atomic E-state index is 4.28. The molecule has 0 bridgehead atoms. The van der Waals surface area contributed by atoms with Gasteiger partial charge in [0.25, 0.3) is 0 Å². The van der Waals surface area contributed by atoms with Crippen LogP contribution in [-0.2, 0) is 6.54 Å². The molecule has 1 aliphatic rings. The van der Waals surface area contributed by atoms with Gasteiger partial charge in [0.05, 0.1) is 0 Å². The van der Waals surface area contributed by atoms with E-state index in [2.05, 4.69) is 26.7 Å². The van der Waals surface area contributed by atoms with E-state index in [0.29, 0.717) is 0 Å². The van der Waals surface area contributed by atoms with Crippen molar-refractivity contribution in [2.24, 2.45) is 0 Å². The Morgan fingerprint density at radius 2 is 1.89 bits per heavy atom. The lowest BCUT2D eigenvalue weighted by Crippen LogP contribution is -2.27. The van der Waals surface area contributed by atoms with Crippen LogP contribution in [0.3, 0.4) is 0 Å². The smallest absolute Gasteiger partial charge is 0.134 e. The molecule has 0 saturated carbocycles. The van der Waals surface area contributed by atoms with Crippen LogP contribution in [0.1, 0.15) is 51.1 Å². The highest BCUT2D eigenvalue weighted by Gasteiger charge is 2.13. The summed E-state index contributed by atoms with van der Waals surface area (Å²) in [6, 6.07) is 0. The van der Waals surface area contributed by atoms with Crippen molar-refractivity contribution in [3.05, 3.63) is 5.69 Å². The van der Waals surface area contributed by atoms with Gasteiger partial charge in [0.1, 0.15) is 10.7 Å². The molecule has 1 aromatic heterocycles. The number of aromatic nitrogens is 2. The Bertz CT molecular complexity index is 331. The van der Waals surface area contributed by atoms with Gasteiger partial charge in [-0.05, 0) is 32.4 Å². The molecule has 1 saturated heterocycles. The number of rotatable bonds is 5. The molecule has 2 rings (SSSR count). The third-order valence-electron chi connectivity index (χ3n) is 3.41. The van der Waals surface area contributed by atoms with Crippen LogP contribution in [0.15, 0.2) is 0 Å². The Labute approximate surface area is 114 Å². The fourth-order valence-corrected chi connectivity index (χ4v) is 2.97. The molecule has 1 N–H and O–H groups in total. The summed E-state index contributed by atoms with van der Waals surface area (Å²) in [4.78, 5) is 2.53. The lowest BCUT2D eigenvalue weighted by atomic mass is 10.1. The van der Waals surface area contributed by atoms with E-state index in [0.717, 1.165) is 25.2 Å². The van der Waals surface area contributed by atoms with Gasteiger partial charge in [-0.15, -0.1) is 5.10 Å². The van der Waals surface area contributed by atoms with Gasteiger partial charge in [-0.2, -0.15) is 0 Å². The Kier molecular flexibility index (Phi) is 5.87. The van der Waals surface area contributed by atoms with E-state index in [1.54, 1.807) is 0 Å². The zero-order valence-electron chi connectivity index (χ0n) is 11.3. The first-order valence-electron chi connectivity index (χ1n) is 7.17. The molecule has 0 unspecified atom stereocenters. The number of anilines is 1. The largest absolute Gasteiger partial charge is 0.374 e. The van der Waals surface area contributed by atoms with Crippen molar-refractivity contribution in [2.75, 3.05) is 25.0 Å². The molecule has 0 aliphatic carbocycles. The number of likely N-dealkylation sites (tertiary alicyclic amines) is 1. The molecule has 0 amide bonds. The normalized spacial score (nSPS) is 18.3. The predicted octanol–water partition coefficient (Wildman–Crippen LogP) is 3.13. The second-order valence-electron chi connectivity index (χ2n) is 5.02. The minimum atomic E-state index is 0.961. The summed E-state index contributed by atoms with van der Waals surface area (Å²) in [7, 11) is 0. The van der Waals surface area contributed by atoms with Crippen LogP contribution >= 0.6 is 11.5 Å². The van der Waals surface area contributed by atoms with E-state index in [1.807, 2.05) is 0 Å². The molecule has 4 nitrogen and oxygen atoms in total. The summed E-state index contributed by atoms with van der Waals surface area (Å²) in [5.74, 6) is 0. The lowest BCUT2D eigenvalue weighted by molar-refractivity contribution is 0.237. The Balaban J connectivity index is 1.88. The molecule has 18 heavy (non-hydrogen) atoms. The zero-order chi connectivity index (χ0) is 12.6. The summed E-state index contributed by atoms with van der Waals surface area (Å²) in [6.45, 7) is 6.58. The maximum atomic E-state index is 4.28. The molecule has 102 valence electrons. The van der Waals surface area contributed by atoms with E-state index >= 15 is 0 Å². The van der Waals surface area contributed by atoms with Crippen LogP contribution in [0.4, 0.5) is 5.00 Å². The Hall–Kier alpha value is -0.680. The van der Waals surface area contributed by atoms with Gasteiger partial charge in [0.15, 0.2) is 0 Å². The average molecular weight is 268 g/mol. The van der Waals surface area contributed by atoms with Gasteiger partial charge < -0.3 is 5.32 Å². The quantitative estimate of drug-likeness (QED) is 0.891. The van der Waals surface area contributed by atoms with Crippen molar-refractivity contribution in [1.82, 2.24) is 14.5 Å². The SMILES string of the molecule is CCCNc1snnc1CN1CCCCCCC1. The Morgan fingerprint density at radius 3 is 2.61 bits per heavy atom. The molecule has 0 atom stereocenters. The number of hydrogen-bond donors (Lipinski definition) is 1. The minimum Gasteiger partial charge on any atom is -0.374 e. The highest BCUT2D eigenvalue weighted by molar-refractivity contribution is 7.10. The van der Waals surface area contributed by atoms with E-state index in [1.165, 1.54) is 61.7 Å². The molecule has 1 fully saturated rings. The van der Waals surface area contributed by atoms with Crippen LogP contribution in [0.2, 0.25) is 0 Å². The van der Waals surface area contributed by atoms with Gasteiger partial charge >= 0.3 is 0 Å². The summed E-state index contributed by atoms with van der Waals surface area (Å²) in [5.41, 5.74) is 1.13. The first-order valence-corrected chi connectivity index (χ1v) is 7.95. The van der Waals surface area contributed by atoms with E-state index in [9.17, 15) is 0 Å². The second-order valence-corrected chi connectivity index (χ2v) is 5.77. The number of hydrogen-bond acceptors (Lipinski definition) is 5. The van der Waals surface area contributed by atoms with Crippen LogP contribution in [0, 0.1) is 0 Å². The monoisotopic (exact) mass is 268 g/mol. The number of nitrogens with one attached hydrogen (secondary N) is 1. The van der Waals surface area contributed by atoms with Crippen molar-refractivity contribution in [1.29, 1.82) is 0 Å². The highest BCUT2D eigenvalue weighted by Crippen LogP contribution is 2.20. The molecule has 0 aromatic carbocycles. The molecular weight excluding hydrogens is 244 g/mol. The first kappa shape index (κ1) is 13.7. The summed E-state index contributed by atoms with van der Waals surface area (Å²) < 4.78 is 4.08. The van der Waals surface area contributed by atoms with Crippen molar-refractivity contribution in [3.63, 3.8) is 0 Å². The summed E-state index contributed by atoms with van der Waals surface area (Å²) in [5, 5.41) is 8.87. The van der Waals surface area contributed by atoms with Gasteiger partial charge in [0, 0.05) is 24.6 Å². The first-order chi connectivity index (χ1) is 8.90. The molecule has 1 aromatic rings. The van der Waals surface area contributed by atoms with Gasteiger partial charge in [-0.3, -0.25) is 4.90 Å². The minimum absolute atomic E-state index is 0.961. The van der Waals surface area contributed by atoms with Gasteiger partial charge in [0.2, 0.25) is 0 Å². The molecule has 0 radical (unpaired) electrons. The predicted molar refractivity (Wildman–Crippen MR) is 77.1 cm³/mol. The highest BCUT2D eigenvalue weighted by atomic mass is 32.1. The lowest BCUT2D eigenvalue weighted by Gasteiger charge is -2.23. The standard InChI is InChI=1S/C13H24N4S/c1-2-8-14-13-12(15-16-18-13)11-17-9-6-4-3-5-7-10-17/h14H,2-11H2,1H3. The third-order valence-corrected chi connectivity index (χ3v) is 4.14. The van der Waals surface area contributed by atoms with Gasteiger partial charge in [-0.25, -0.2) is 0 Å². The molecule has 5 heteroatoms. The second kappa shape index (κ2) is 7.69. The Morgan fingerprint density at radius 1 is 1.17 bits per heavy atom. The molecule has 2 heterocycles. The van der Waals surface area contributed by atoms with Crippen LogP contribution in [-0.4, -0.2) is 34.1 Å².